The van der Waals surface area contributed by atoms with Crippen LogP contribution in [0.2, 0.25) is 0 Å². The van der Waals surface area contributed by atoms with Crippen LogP contribution in [0.1, 0.15) is 31.1 Å². The number of ether oxygens (including phenoxy) is 3. The first kappa shape index (κ1) is 12.7. The van der Waals surface area contributed by atoms with Gasteiger partial charge in [-0.15, -0.1) is 0 Å². The van der Waals surface area contributed by atoms with Crippen molar-refractivity contribution in [2.75, 3.05) is 13.7 Å². The SMILES string of the molecule is CCOc1cc2c(cc1C(C#N)OC)OC(C)C2. The number of benzene rings is 1. The largest absolute Gasteiger partial charge is 0.493 e. The van der Waals surface area contributed by atoms with Crippen molar-refractivity contribution in [2.24, 2.45) is 0 Å². The summed E-state index contributed by atoms with van der Waals surface area (Å²) in [6, 6.07) is 5.93. The number of hydrogen-bond acceptors (Lipinski definition) is 4. The minimum atomic E-state index is -0.628. The molecule has 0 fully saturated rings. The fraction of sp³-hybridized carbons (Fsp3) is 0.500. The van der Waals surface area contributed by atoms with Crippen molar-refractivity contribution in [3.63, 3.8) is 0 Å². The average molecular weight is 247 g/mol. The van der Waals surface area contributed by atoms with Crippen LogP contribution in [0.25, 0.3) is 0 Å². The number of fused-ring (bicyclic) bond motifs is 1. The van der Waals surface area contributed by atoms with E-state index < -0.39 is 6.10 Å². The first-order valence-corrected chi connectivity index (χ1v) is 6.08. The zero-order valence-electron chi connectivity index (χ0n) is 10.9. The first-order chi connectivity index (χ1) is 8.69. The number of nitrogens with zero attached hydrogens (tertiary/aromatic N) is 1. The Hall–Kier alpha value is -1.73. The third-order valence-corrected chi connectivity index (χ3v) is 2.96. The highest BCUT2D eigenvalue weighted by atomic mass is 16.5. The predicted molar refractivity (Wildman–Crippen MR) is 66.8 cm³/mol. The number of rotatable bonds is 4. The zero-order chi connectivity index (χ0) is 13.1. The molecule has 1 aromatic rings. The Kier molecular flexibility index (Phi) is 3.73. The van der Waals surface area contributed by atoms with Gasteiger partial charge in [0.25, 0.3) is 0 Å². The maximum Gasteiger partial charge on any atom is 0.172 e. The van der Waals surface area contributed by atoms with Crippen molar-refractivity contribution >= 4 is 0 Å². The van der Waals surface area contributed by atoms with Crippen LogP contribution in [0.5, 0.6) is 11.5 Å². The zero-order valence-corrected chi connectivity index (χ0v) is 10.9. The molecule has 0 saturated carbocycles. The van der Waals surface area contributed by atoms with Gasteiger partial charge >= 0.3 is 0 Å². The van der Waals surface area contributed by atoms with E-state index in [4.69, 9.17) is 19.5 Å². The van der Waals surface area contributed by atoms with Crippen molar-refractivity contribution in [3.8, 4) is 17.6 Å². The van der Waals surface area contributed by atoms with Gasteiger partial charge in [0.05, 0.1) is 12.7 Å². The van der Waals surface area contributed by atoms with E-state index in [1.807, 2.05) is 26.0 Å². The van der Waals surface area contributed by atoms with Gasteiger partial charge in [0, 0.05) is 24.7 Å². The topological polar surface area (TPSA) is 51.5 Å². The van der Waals surface area contributed by atoms with Gasteiger partial charge in [-0.1, -0.05) is 0 Å². The van der Waals surface area contributed by atoms with Crippen LogP contribution in [0.15, 0.2) is 12.1 Å². The van der Waals surface area contributed by atoms with Crippen LogP contribution in [0.3, 0.4) is 0 Å². The molecule has 1 aliphatic rings. The van der Waals surface area contributed by atoms with Gasteiger partial charge in [0.1, 0.15) is 17.6 Å². The van der Waals surface area contributed by atoms with E-state index in [2.05, 4.69) is 6.07 Å². The van der Waals surface area contributed by atoms with Gasteiger partial charge in [0.2, 0.25) is 0 Å². The molecule has 2 atom stereocenters. The third-order valence-electron chi connectivity index (χ3n) is 2.96. The fourth-order valence-electron chi connectivity index (χ4n) is 2.19. The highest BCUT2D eigenvalue weighted by Gasteiger charge is 2.24. The van der Waals surface area contributed by atoms with Crippen LogP contribution in [-0.2, 0) is 11.2 Å². The molecule has 1 heterocycles. The molecule has 1 aliphatic heterocycles. The summed E-state index contributed by atoms with van der Waals surface area (Å²) < 4.78 is 16.5. The molecule has 18 heavy (non-hydrogen) atoms. The molecular formula is C14H17NO3. The van der Waals surface area contributed by atoms with Gasteiger partial charge < -0.3 is 14.2 Å². The molecule has 0 amide bonds. The number of hydrogen-bond donors (Lipinski definition) is 0. The average Bonchev–Trinajstić information content (AvgIpc) is 2.70. The number of methoxy groups -OCH3 is 1. The van der Waals surface area contributed by atoms with E-state index in [0.29, 0.717) is 12.4 Å². The second-order valence-corrected chi connectivity index (χ2v) is 4.31. The van der Waals surface area contributed by atoms with E-state index in [1.165, 1.54) is 7.11 Å². The lowest BCUT2D eigenvalue weighted by atomic mass is 10.0. The highest BCUT2D eigenvalue weighted by molar-refractivity contribution is 5.50. The third kappa shape index (κ3) is 2.27. The van der Waals surface area contributed by atoms with Crippen LogP contribution in [0.4, 0.5) is 0 Å². The molecule has 0 N–H and O–H groups in total. The van der Waals surface area contributed by atoms with Crippen LogP contribution in [0, 0.1) is 11.3 Å². The Balaban J connectivity index is 2.44. The lowest BCUT2D eigenvalue weighted by Crippen LogP contribution is -2.05. The molecular weight excluding hydrogens is 230 g/mol. The van der Waals surface area contributed by atoms with E-state index >= 15 is 0 Å². The molecule has 2 rings (SSSR count). The summed E-state index contributed by atoms with van der Waals surface area (Å²) in [5.74, 6) is 1.54. The first-order valence-electron chi connectivity index (χ1n) is 6.08. The van der Waals surface area contributed by atoms with Gasteiger partial charge in [-0.05, 0) is 26.0 Å². The quantitative estimate of drug-likeness (QED) is 0.820. The molecule has 0 aliphatic carbocycles. The standard InChI is InChI=1S/C14H17NO3/c1-4-17-13-6-10-5-9(2)18-12(10)7-11(13)14(8-15)16-3/h6-7,9,14H,4-5H2,1-3H3. The molecule has 0 bridgehead atoms. The maximum absolute atomic E-state index is 9.10. The Bertz CT molecular complexity index is 479. The van der Waals surface area contributed by atoms with Gasteiger partial charge in [-0.2, -0.15) is 5.26 Å². The van der Waals surface area contributed by atoms with Crippen LogP contribution in [-0.4, -0.2) is 19.8 Å². The van der Waals surface area contributed by atoms with Crippen molar-refractivity contribution < 1.29 is 14.2 Å². The van der Waals surface area contributed by atoms with E-state index in [-0.39, 0.29) is 6.10 Å². The summed E-state index contributed by atoms with van der Waals surface area (Å²) >= 11 is 0. The molecule has 0 aromatic heterocycles. The smallest absolute Gasteiger partial charge is 0.172 e. The Morgan fingerprint density at radius 2 is 2.33 bits per heavy atom. The molecule has 2 unspecified atom stereocenters. The number of nitriles is 1. The highest BCUT2D eigenvalue weighted by Crippen LogP contribution is 2.38. The summed E-state index contributed by atoms with van der Waals surface area (Å²) in [5.41, 5.74) is 1.86. The molecule has 4 nitrogen and oxygen atoms in total. The summed E-state index contributed by atoms with van der Waals surface area (Å²) in [5, 5.41) is 9.10. The van der Waals surface area contributed by atoms with Crippen LogP contribution >= 0.6 is 0 Å². The molecule has 0 radical (unpaired) electrons. The predicted octanol–water partition coefficient (Wildman–Crippen LogP) is 2.62. The molecule has 0 spiro atoms. The second kappa shape index (κ2) is 5.28. The van der Waals surface area contributed by atoms with Crippen molar-refractivity contribution in [1.82, 2.24) is 0 Å². The van der Waals surface area contributed by atoms with Crippen molar-refractivity contribution in [1.29, 1.82) is 5.26 Å². The van der Waals surface area contributed by atoms with Gasteiger partial charge in [-0.3, -0.25) is 0 Å². The van der Waals surface area contributed by atoms with Crippen LogP contribution < -0.4 is 9.47 Å². The van der Waals surface area contributed by atoms with Crippen molar-refractivity contribution in [2.45, 2.75) is 32.5 Å². The fourth-order valence-corrected chi connectivity index (χ4v) is 2.19. The Morgan fingerprint density at radius 1 is 1.56 bits per heavy atom. The minimum Gasteiger partial charge on any atom is -0.493 e. The molecule has 1 aromatic carbocycles. The summed E-state index contributed by atoms with van der Waals surface area (Å²) in [6.07, 6.45) is 0.420. The molecule has 0 saturated heterocycles. The van der Waals surface area contributed by atoms with Gasteiger partial charge in [0.15, 0.2) is 6.10 Å². The van der Waals surface area contributed by atoms with Gasteiger partial charge in [-0.25, -0.2) is 0 Å². The van der Waals surface area contributed by atoms with Crippen molar-refractivity contribution in [3.05, 3.63) is 23.3 Å². The molecule has 4 heteroatoms. The lowest BCUT2D eigenvalue weighted by Gasteiger charge is -2.15. The second-order valence-electron chi connectivity index (χ2n) is 4.31. The summed E-state index contributed by atoms with van der Waals surface area (Å²) in [4.78, 5) is 0. The van der Waals surface area contributed by atoms with E-state index in [1.54, 1.807) is 0 Å². The van der Waals surface area contributed by atoms with E-state index in [9.17, 15) is 0 Å². The monoisotopic (exact) mass is 247 g/mol. The Labute approximate surface area is 107 Å². The Morgan fingerprint density at radius 3 is 2.94 bits per heavy atom. The lowest BCUT2D eigenvalue weighted by molar-refractivity contribution is 0.144. The maximum atomic E-state index is 9.10. The summed E-state index contributed by atoms with van der Waals surface area (Å²) in [7, 11) is 1.51. The minimum absolute atomic E-state index is 0.174. The molecule has 96 valence electrons. The summed E-state index contributed by atoms with van der Waals surface area (Å²) in [6.45, 7) is 4.51. The normalized spacial score (nSPS) is 18.7. The van der Waals surface area contributed by atoms with E-state index in [0.717, 1.165) is 23.3 Å².